The molecule has 0 unspecified atom stereocenters. The molecule has 1 aromatic rings. The van der Waals surface area contributed by atoms with Crippen LogP contribution in [-0.4, -0.2) is 74.0 Å². The fourth-order valence-electron chi connectivity index (χ4n) is 3.04. The molecule has 1 heterocycles. The Bertz CT molecular complexity index is 834. The lowest BCUT2D eigenvalue weighted by atomic mass is 10.1. The Morgan fingerprint density at radius 2 is 1.93 bits per heavy atom. The van der Waals surface area contributed by atoms with Crippen molar-refractivity contribution in [3.8, 4) is 11.5 Å². The van der Waals surface area contributed by atoms with Crippen molar-refractivity contribution in [3.05, 3.63) is 29.0 Å². The molecule has 1 aromatic carbocycles. The van der Waals surface area contributed by atoms with Gasteiger partial charge in [-0.3, -0.25) is 9.59 Å². The van der Waals surface area contributed by atoms with Crippen molar-refractivity contribution < 1.29 is 38.8 Å². The van der Waals surface area contributed by atoms with Crippen LogP contribution in [0.25, 0.3) is 0 Å². The van der Waals surface area contributed by atoms with Crippen molar-refractivity contribution in [1.82, 2.24) is 4.90 Å². The van der Waals surface area contributed by atoms with E-state index in [0.717, 1.165) is 0 Å². The Morgan fingerprint density at radius 3 is 2.48 bits per heavy atom. The Morgan fingerprint density at radius 1 is 1.21 bits per heavy atom. The van der Waals surface area contributed by atoms with Crippen molar-refractivity contribution in [2.75, 3.05) is 46.3 Å². The summed E-state index contributed by atoms with van der Waals surface area (Å²) in [5, 5.41) is 21.0. The number of hydrogen-bond acceptors (Lipinski definition) is 8. The predicted octanol–water partition coefficient (Wildman–Crippen LogP) is 0.394. The molecule has 2 rings (SSSR count). The fraction of sp³-hybridized carbons (Fsp3) is 0.421. The number of carboxylic acids is 1. The molecule has 0 aliphatic carbocycles. The second-order valence-corrected chi connectivity index (χ2v) is 6.19. The van der Waals surface area contributed by atoms with E-state index in [1.165, 1.54) is 26.2 Å². The molecule has 1 aliphatic rings. The van der Waals surface area contributed by atoms with Gasteiger partial charge in [-0.05, 0) is 12.5 Å². The highest BCUT2D eigenvalue weighted by Crippen LogP contribution is 2.36. The van der Waals surface area contributed by atoms with E-state index >= 15 is 0 Å². The lowest BCUT2D eigenvalue weighted by Crippen LogP contribution is -2.31. The number of nitrogens with one attached hydrogen (secondary N) is 1. The summed E-state index contributed by atoms with van der Waals surface area (Å²) in [7, 11) is 4.10. The van der Waals surface area contributed by atoms with Crippen LogP contribution in [0.4, 0.5) is 5.69 Å². The number of aliphatic carboxylic acids is 1. The minimum Gasteiger partial charge on any atom is -0.493 e. The van der Waals surface area contributed by atoms with Gasteiger partial charge in [0.15, 0.2) is 11.5 Å². The molecule has 0 radical (unpaired) electrons. The van der Waals surface area contributed by atoms with E-state index in [9.17, 15) is 14.4 Å². The molecule has 158 valence electrons. The third-order valence-electron chi connectivity index (χ3n) is 4.39. The Labute approximate surface area is 167 Å². The van der Waals surface area contributed by atoms with Crippen molar-refractivity contribution in [1.29, 1.82) is 0 Å². The molecule has 0 saturated heterocycles. The third kappa shape index (κ3) is 4.96. The average Bonchev–Trinajstić information content (AvgIpc) is 3.01. The number of aliphatic hydroxyl groups excluding tert-OH is 1. The number of hydrogen-bond donors (Lipinski definition) is 3. The summed E-state index contributed by atoms with van der Waals surface area (Å²) in [6, 6.07) is 3.21. The minimum atomic E-state index is -0.967. The van der Waals surface area contributed by atoms with Gasteiger partial charge in [-0.1, -0.05) is 0 Å². The highest BCUT2D eigenvalue weighted by molar-refractivity contribution is 6.08. The zero-order chi connectivity index (χ0) is 21.6. The summed E-state index contributed by atoms with van der Waals surface area (Å²) in [5.41, 5.74) is 1.14. The van der Waals surface area contributed by atoms with Gasteiger partial charge in [-0.15, -0.1) is 0 Å². The number of anilines is 1. The van der Waals surface area contributed by atoms with Gasteiger partial charge >= 0.3 is 11.9 Å². The molecule has 0 aromatic heterocycles. The maximum atomic E-state index is 12.7. The van der Waals surface area contributed by atoms with Crippen LogP contribution in [0, 0.1) is 0 Å². The van der Waals surface area contributed by atoms with Crippen molar-refractivity contribution >= 4 is 23.5 Å². The molecule has 10 heteroatoms. The summed E-state index contributed by atoms with van der Waals surface area (Å²) in [6.45, 7) is -0.170. The van der Waals surface area contributed by atoms with Crippen LogP contribution < -0.4 is 14.8 Å². The van der Waals surface area contributed by atoms with Gasteiger partial charge in [0.05, 0.1) is 40.1 Å². The Balaban J connectivity index is 2.44. The first-order chi connectivity index (χ1) is 13.9. The summed E-state index contributed by atoms with van der Waals surface area (Å²) in [4.78, 5) is 37.1. The maximum Gasteiger partial charge on any atom is 0.337 e. The molecule has 0 fully saturated rings. The molecule has 29 heavy (non-hydrogen) atoms. The number of ether oxygens (including phenoxy) is 3. The van der Waals surface area contributed by atoms with E-state index in [1.807, 2.05) is 0 Å². The molecular weight excluding hydrogens is 384 g/mol. The minimum absolute atomic E-state index is 0.00750. The van der Waals surface area contributed by atoms with Crippen LogP contribution >= 0.6 is 0 Å². The molecule has 1 aliphatic heterocycles. The second-order valence-electron chi connectivity index (χ2n) is 6.19. The second kappa shape index (κ2) is 9.78. The topological polar surface area (TPSA) is 135 Å². The molecule has 0 spiro atoms. The Hall–Kier alpha value is -3.27. The number of methoxy groups -OCH3 is 3. The SMILES string of the molecule is COC(=O)C1=C(Nc2cc(CCC(=O)O)c(OC)c(OC)c2)C(=O)N(CCO)C1. The van der Waals surface area contributed by atoms with E-state index in [-0.39, 0.29) is 43.8 Å². The van der Waals surface area contributed by atoms with Crippen molar-refractivity contribution in [3.63, 3.8) is 0 Å². The first-order valence-electron chi connectivity index (χ1n) is 8.81. The smallest absolute Gasteiger partial charge is 0.337 e. The highest BCUT2D eigenvalue weighted by Gasteiger charge is 2.34. The number of amides is 1. The first-order valence-corrected chi connectivity index (χ1v) is 8.81. The third-order valence-corrected chi connectivity index (χ3v) is 4.39. The van der Waals surface area contributed by atoms with Crippen LogP contribution in [0.5, 0.6) is 11.5 Å². The number of aryl methyl sites for hydroxylation is 1. The van der Waals surface area contributed by atoms with Gasteiger partial charge in [-0.2, -0.15) is 0 Å². The number of nitrogens with zero attached hydrogens (tertiary/aromatic N) is 1. The van der Waals surface area contributed by atoms with Crippen LogP contribution in [0.1, 0.15) is 12.0 Å². The molecular formula is C19H24N2O8. The highest BCUT2D eigenvalue weighted by atomic mass is 16.5. The van der Waals surface area contributed by atoms with E-state index in [4.69, 9.17) is 24.4 Å². The average molecular weight is 408 g/mol. The number of esters is 1. The van der Waals surface area contributed by atoms with Crippen LogP contribution in [0.3, 0.4) is 0 Å². The molecule has 0 bridgehead atoms. The molecule has 10 nitrogen and oxygen atoms in total. The number of carboxylic acid groups (broad SMARTS) is 1. The summed E-state index contributed by atoms with van der Waals surface area (Å²) in [6.07, 6.45) is 0.0557. The summed E-state index contributed by atoms with van der Waals surface area (Å²) < 4.78 is 15.4. The molecule has 3 N–H and O–H groups in total. The quantitative estimate of drug-likeness (QED) is 0.470. The van der Waals surface area contributed by atoms with Gasteiger partial charge in [-0.25, -0.2) is 4.79 Å². The summed E-state index contributed by atoms with van der Waals surface area (Å²) >= 11 is 0. The van der Waals surface area contributed by atoms with Crippen molar-refractivity contribution in [2.45, 2.75) is 12.8 Å². The van der Waals surface area contributed by atoms with E-state index in [2.05, 4.69) is 5.32 Å². The standard InChI is InChI=1S/C19H24N2O8/c1-27-14-9-12(8-11(17(14)28-2)4-5-15(23)24)20-16-13(19(26)29-3)10-21(6-7-22)18(16)25/h8-9,20,22H,4-7,10H2,1-3H3,(H,23,24). The maximum absolute atomic E-state index is 12.7. The number of carbonyl (C=O) groups excluding carboxylic acids is 2. The van der Waals surface area contributed by atoms with Gasteiger partial charge in [0.25, 0.3) is 5.91 Å². The van der Waals surface area contributed by atoms with Crippen molar-refractivity contribution in [2.24, 2.45) is 0 Å². The number of rotatable bonds is 10. The lowest BCUT2D eigenvalue weighted by Gasteiger charge is -2.17. The van der Waals surface area contributed by atoms with Crippen LogP contribution in [0.15, 0.2) is 23.4 Å². The largest absolute Gasteiger partial charge is 0.493 e. The predicted molar refractivity (Wildman–Crippen MR) is 102 cm³/mol. The number of carbonyl (C=O) groups is 3. The zero-order valence-electron chi connectivity index (χ0n) is 16.5. The zero-order valence-corrected chi connectivity index (χ0v) is 16.5. The number of aliphatic hydroxyl groups is 1. The normalized spacial score (nSPS) is 13.5. The van der Waals surface area contributed by atoms with Crippen LogP contribution in [-0.2, 0) is 25.5 Å². The molecule has 0 atom stereocenters. The van der Waals surface area contributed by atoms with E-state index in [0.29, 0.717) is 22.7 Å². The van der Waals surface area contributed by atoms with Gasteiger partial charge in [0.1, 0.15) is 5.70 Å². The molecule has 1 amide bonds. The number of benzene rings is 1. The van der Waals surface area contributed by atoms with Crippen LogP contribution in [0.2, 0.25) is 0 Å². The molecule has 0 saturated carbocycles. The monoisotopic (exact) mass is 408 g/mol. The summed E-state index contributed by atoms with van der Waals surface area (Å²) in [5.74, 6) is -1.35. The first kappa shape index (κ1) is 22.0. The van der Waals surface area contributed by atoms with E-state index in [1.54, 1.807) is 12.1 Å². The van der Waals surface area contributed by atoms with E-state index < -0.39 is 17.8 Å². The number of β-amino-alcohol motifs (C(OH)–C–C–N with tert-alkyl or cyclic N) is 1. The lowest BCUT2D eigenvalue weighted by molar-refractivity contribution is -0.137. The van der Waals surface area contributed by atoms with Gasteiger partial charge < -0.3 is 34.6 Å². The fourth-order valence-corrected chi connectivity index (χ4v) is 3.04. The van der Waals surface area contributed by atoms with Gasteiger partial charge in [0, 0.05) is 30.3 Å². The van der Waals surface area contributed by atoms with Gasteiger partial charge in [0.2, 0.25) is 0 Å². The Kier molecular flexibility index (Phi) is 7.43.